The third-order valence-corrected chi connectivity index (χ3v) is 9.25. The minimum Gasteiger partial charge on any atom is -0.458 e. The van der Waals surface area contributed by atoms with E-state index in [1.807, 2.05) is 81.4 Å². The Morgan fingerprint density at radius 2 is 1.42 bits per heavy atom. The number of amides is 2. The maximum atomic E-state index is 14.4. The fourth-order valence-electron chi connectivity index (χ4n) is 5.02. The SMILES string of the molecule is CC(C)(C)OC(=O)C(NC(=O)[C@H](Cc1ccc(-c2ncc(Br)cn2)cc1)NC(=O)c1ccc(C(C)(C)C)s1)C(OC(C)(C)C)c1ccccc1. The zero-order valence-corrected chi connectivity index (χ0v) is 32.6. The van der Waals surface area contributed by atoms with Crippen LogP contribution in [0.5, 0.6) is 0 Å². The van der Waals surface area contributed by atoms with Gasteiger partial charge in [0, 0.05) is 29.3 Å². The highest BCUT2D eigenvalue weighted by Gasteiger charge is 2.39. The molecule has 11 heteroatoms. The average Bonchev–Trinajstić information content (AvgIpc) is 3.54. The van der Waals surface area contributed by atoms with Crippen LogP contribution in [0.1, 0.15) is 94.1 Å². The topological polar surface area (TPSA) is 120 Å². The van der Waals surface area contributed by atoms with Crippen molar-refractivity contribution >= 4 is 45.1 Å². The number of nitrogens with zero attached hydrogens (tertiary/aromatic N) is 2. The Kier molecular flexibility index (Phi) is 12.4. The quantitative estimate of drug-likeness (QED) is 0.149. The van der Waals surface area contributed by atoms with Gasteiger partial charge in [-0.25, -0.2) is 14.8 Å². The van der Waals surface area contributed by atoms with Gasteiger partial charge in [-0.2, -0.15) is 0 Å². The lowest BCUT2D eigenvalue weighted by Gasteiger charge is -2.35. The highest BCUT2D eigenvalue weighted by atomic mass is 79.9. The van der Waals surface area contributed by atoms with Crippen LogP contribution in [0.2, 0.25) is 0 Å². The van der Waals surface area contributed by atoms with Crippen molar-refractivity contribution in [3.8, 4) is 11.4 Å². The van der Waals surface area contributed by atoms with Crippen LogP contribution in [-0.4, -0.2) is 51.0 Å². The highest BCUT2D eigenvalue weighted by Crippen LogP contribution is 2.31. The molecule has 0 radical (unpaired) electrons. The lowest BCUT2D eigenvalue weighted by atomic mass is 9.95. The second-order valence-corrected chi connectivity index (χ2v) is 17.1. The Hall–Kier alpha value is -3.93. The maximum Gasteiger partial charge on any atom is 0.332 e. The third kappa shape index (κ3) is 11.3. The number of nitrogens with one attached hydrogen (secondary N) is 2. The Balaban J connectivity index is 1.70. The maximum absolute atomic E-state index is 14.4. The summed E-state index contributed by atoms with van der Waals surface area (Å²) in [6.07, 6.45) is 2.61. The smallest absolute Gasteiger partial charge is 0.332 e. The molecule has 0 spiro atoms. The van der Waals surface area contributed by atoms with Crippen molar-refractivity contribution in [2.24, 2.45) is 0 Å². The first-order chi connectivity index (χ1) is 23.3. The molecule has 266 valence electrons. The molecule has 3 atom stereocenters. The van der Waals surface area contributed by atoms with Crippen LogP contribution in [0, 0.1) is 0 Å². The van der Waals surface area contributed by atoms with Gasteiger partial charge < -0.3 is 20.1 Å². The fraction of sp³-hybridized carbons (Fsp3) is 0.410. The van der Waals surface area contributed by atoms with Gasteiger partial charge in [-0.1, -0.05) is 75.4 Å². The molecule has 4 rings (SSSR count). The van der Waals surface area contributed by atoms with Crippen molar-refractivity contribution in [2.45, 2.75) is 104 Å². The molecule has 4 aromatic rings. The van der Waals surface area contributed by atoms with Gasteiger partial charge in [0.1, 0.15) is 17.7 Å². The van der Waals surface area contributed by atoms with Gasteiger partial charge in [0.05, 0.1) is 15.0 Å². The van der Waals surface area contributed by atoms with E-state index >= 15 is 0 Å². The van der Waals surface area contributed by atoms with Gasteiger partial charge in [0.15, 0.2) is 11.9 Å². The van der Waals surface area contributed by atoms with E-state index in [4.69, 9.17) is 9.47 Å². The number of rotatable bonds is 11. The van der Waals surface area contributed by atoms with Crippen molar-refractivity contribution in [3.63, 3.8) is 0 Å². The number of hydrogen-bond acceptors (Lipinski definition) is 8. The lowest BCUT2D eigenvalue weighted by molar-refractivity contribution is -0.167. The van der Waals surface area contributed by atoms with Crippen LogP contribution in [0.15, 0.2) is 83.6 Å². The van der Waals surface area contributed by atoms with E-state index in [-0.39, 0.29) is 17.7 Å². The second-order valence-electron chi connectivity index (χ2n) is 15.1. The van der Waals surface area contributed by atoms with Gasteiger partial charge in [-0.3, -0.25) is 9.59 Å². The molecule has 2 aromatic heterocycles. The molecule has 50 heavy (non-hydrogen) atoms. The van der Waals surface area contributed by atoms with Crippen LogP contribution in [-0.2, 0) is 30.9 Å². The summed E-state index contributed by atoms with van der Waals surface area (Å²) >= 11 is 4.75. The monoisotopic (exact) mass is 762 g/mol. The molecular formula is C39H47BrN4O5S. The van der Waals surface area contributed by atoms with Crippen LogP contribution in [0.4, 0.5) is 0 Å². The van der Waals surface area contributed by atoms with Gasteiger partial charge in [0.2, 0.25) is 5.91 Å². The highest BCUT2D eigenvalue weighted by molar-refractivity contribution is 9.10. The summed E-state index contributed by atoms with van der Waals surface area (Å²) in [5.74, 6) is -1.04. The minimum atomic E-state index is -1.23. The summed E-state index contributed by atoms with van der Waals surface area (Å²) in [5.41, 5.74) is 0.630. The molecule has 2 unspecified atom stereocenters. The molecule has 0 saturated heterocycles. The largest absolute Gasteiger partial charge is 0.458 e. The number of thiophene rings is 1. The molecule has 2 amide bonds. The number of benzene rings is 2. The molecule has 0 aliphatic heterocycles. The zero-order chi connectivity index (χ0) is 36.9. The number of halogens is 1. The molecule has 0 fully saturated rings. The molecule has 0 bridgehead atoms. The zero-order valence-electron chi connectivity index (χ0n) is 30.2. The predicted octanol–water partition coefficient (Wildman–Crippen LogP) is 7.99. The first kappa shape index (κ1) is 38.9. The normalized spacial score (nSPS) is 14.0. The summed E-state index contributed by atoms with van der Waals surface area (Å²) in [5, 5.41) is 5.89. The first-order valence-electron chi connectivity index (χ1n) is 16.5. The summed E-state index contributed by atoms with van der Waals surface area (Å²) in [7, 11) is 0. The van der Waals surface area contributed by atoms with E-state index in [0.717, 1.165) is 20.5 Å². The standard InChI is InChI=1S/C39H47BrN4O5S/c1-37(2,3)30-20-19-29(50-30)35(46)43-28(21-24-15-17-26(18-16-24)33-41-22-27(40)23-42-33)34(45)44-31(36(47)49-39(7,8)9)32(48-38(4,5)6)25-13-11-10-12-14-25/h10-20,22-23,28,31-32H,21H2,1-9H3,(H,43,46)(H,44,45)/t28-,31?,32?/m0/s1. The fourth-order valence-corrected chi connectivity index (χ4v) is 6.19. The molecule has 0 saturated carbocycles. The van der Waals surface area contributed by atoms with E-state index in [0.29, 0.717) is 16.3 Å². The van der Waals surface area contributed by atoms with Crippen LogP contribution in [0.25, 0.3) is 11.4 Å². The average molecular weight is 764 g/mol. The number of ether oxygens (including phenoxy) is 2. The Bertz CT molecular complexity index is 1760. The number of hydrogen-bond donors (Lipinski definition) is 2. The summed E-state index contributed by atoms with van der Waals surface area (Å²) < 4.78 is 13.1. The van der Waals surface area contributed by atoms with Gasteiger partial charge in [-0.15, -0.1) is 11.3 Å². The van der Waals surface area contributed by atoms with E-state index < -0.39 is 41.3 Å². The number of aromatic nitrogens is 2. The minimum absolute atomic E-state index is 0.138. The van der Waals surface area contributed by atoms with Crippen molar-refractivity contribution in [2.75, 3.05) is 0 Å². The van der Waals surface area contributed by atoms with Crippen molar-refractivity contribution in [3.05, 3.63) is 104 Å². The number of carbonyl (C=O) groups excluding carboxylic acids is 3. The summed E-state index contributed by atoms with van der Waals surface area (Å²) in [6.45, 7) is 17.2. The Morgan fingerprint density at radius 3 is 1.96 bits per heavy atom. The van der Waals surface area contributed by atoms with E-state index in [9.17, 15) is 14.4 Å². The molecule has 0 aliphatic carbocycles. The van der Waals surface area contributed by atoms with E-state index in [2.05, 4.69) is 57.3 Å². The molecule has 2 heterocycles. The van der Waals surface area contributed by atoms with Gasteiger partial charge in [-0.05, 0) is 86.1 Å². The third-order valence-electron chi connectivity index (χ3n) is 7.33. The van der Waals surface area contributed by atoms with Crippen molar-refractivity contribution in [1.29, 1.82) is 0 Å². The molecule has 0 aliphatic rings. The molecule has 2 N–H and O–H groups in total. The first-order valence-corrected chi connectivity index (χ1v) is 18.1. The predicted molar refractivity (Wildman–Crippen MR) is 201 cm³/mol. The molecule has 2 aromatic carbocycles. The van der Waals surface area contributed by atoms with Crippen LogP contribution < -0.4 is 10.6 Å². The van der Waals surface area contributed by atoms with Gasteiger partial charge in [0.25, 0.3) is 5.91 Å². The van der Waals surface area contributed by atoms with Gasteiger partial charge >= 0.3 is 5.97 Å². The summed E-state index contributed by atoms with van der Waals surface area (Å²) in [6, 6.07) is 18.2. The Morgan fingerprint density at radius 1 is 0.800 bits per heavy atom. The molecular weight excluding hydrogens is 716 g/mol. The number of carbonyl (C=O) groups is 3. The lowest BCUT2D eigenvalue weighted by Crippen LogP contribution is -2.55. The summed E-state index contributed by atoms with van der Waals surface area (Å²) in [4.78, 5) is 52.2. The Labute approximate surface area is 307 Å². The second kappa shape index (κ2) is 16.0. The van der Waals surface area contributed by atoms with Crippen molar-refractivity contribution < 1.29 is 23.9 Å². The molecule has 9 nitrogen and oxygen atoms in total. The van der Waals surface area contributed by atoms with E-state index in [1.54, 1.807) is 39.2 Å². The van der Waals surface area contributed by atoms with Crippen LogP contribution in [0.3, 0.4) is 0 Å². The van der Waals surface area contributed by atoms with Crippen molar-refractivity contribution in [1.82, 2.24) is 20.6 Å². The number of esters is 1. The van der Waals surface area contributed by atoms with E-state index in [1.165, 1.54) is 11.3 Å². The van der Waals surface area contributed by atoms with Crippen LogP contribution >= 0.6 is 27.3 Å².